The molecule has 0 atom stereocenters. The van der Waals surface area contributed by atoms with Crippen LogP contribution in [-0.2, 0) is 843 Å². The molecule has 0 aromatic carbocycles. The van der Waals surface area contributed by atoms with Crippen molar-refractivity contribution in [3.63, 3.8) is 0 Å². The van der Waals surface area contributed by atoms with Crippen molar-refractivity contribution in [2.75, 3.05) is 0 Å². The van der Waals surface area contributed by atoms with E-state index in [0.29, 0.717) is 0 Å². The molecule has 0 aliphatic carbocycles. The maximum Gasteiger partial charge on any atom is 0 e. The summed E-state index contributed by atoms with van der Waals surface area (Å²) < 4.78 is 0. The molecular formula is W40. The molecule has 0 N–H and O–H groups in total. The van der Waals surface area contributed by atoms with Crippen molar-refractivity contribution in [2.24, 2.45) is 0 Å². The van der Waals surface area contributed by atoms with E-state index in [4.69, 9.17) is 0 Å². The van der Waals surface area contributed by atoms with Crippen LogP contribution in [0.5, 0.6) is 0 Å². The summed E-state index contributed by atoms with van der Waals surface area (Å²) in [7, 11) is 0. The molecule has 0 radical (unpaired) electrons. The summed E-state index contributed by atoms with van der Waals surface area (Å²) in [5.74, 6) is 0. The Balaban J connectivity index is 0. The van der Waals surface area contributed by atoms with Gasteiger partial charge in [-0.3, -0.25) is 0 Å². The van der Waals surface area contributed by atoms with Crippen molar-refractivity contribution in [3.8, 4) is 0 Å². The Labute approximate surface area is 817 Å². The Morgan fingerprint density at radius 3 is 0.0250 bits per heavy atom. The molecule has 40 heteroatoms. The minimum absolute atomic E-state index is 0. The van der Waals surface area contributed by atoms with Gasteiger partial charge in [-0.15, -0.1) is 0 Å². The second kappa shape index (κ2) is 377. The van der Waals surface area contributed by atoms with Crippen LogP contribution in [0.15, 0.2) is 0 Å². The maximum absolute atomic E-state index is 0. The van der Waals surface area contributed by atoms with Crippen molar-refractivity contribution in [1.82, 2.24) is 0 Å². The van der Waals surface area contributed by atoms with Crippen LogP contribution in [0.4, 0.5) is 0 Å². The van der Waals surface area contributed by atoms with Crippen molar-refractivity contribution in [2.45, 2.75) is 0 Å². The van der Waals surface area contributed by atoms with E-state index in [0.717, 1.165) is 0 Å². The number of rotatable bonds is 0. The Kier molecular flexibility index (Phi) is 3720. The Hall–Kier alpha value is 27.5. The molecule has 0 spiro atoms. The van der Waals surface area contributed by atoms with Gasteiger partial charge in [-0.25, -0.2) is 0 Å². The summed E-state index contributed by atoms with van der Waals surface area (Å²) in [6, 6.07) is 0. The summed E-state index contributed by atoms with van der Waals surface area (Å²) in [6.07, 6.45) is 0. The van der Waals surface area contributed by atoms with Gasteiger partial charge in [-0.05, 0) is 0 Å². The zero-order valence-corrected chi connectivity index (χ0v) is 134. The first kappa shape index (κ1) is 394. The fourth-order valence-electron chi connectivity index (χ4n) is 0. The Morgan fingerprint density at radius 1 is 0.0250 bits per heavy atom. The van der Waals surface area contributed by atoms with E-state index in [1.54, 1.807) is 0 Å². The zero-order chi connectivity index (χ0) is 0. The van der Waals surface area contributed by atoms with Gasteiger partial charge in [-0.1, -0.05) is 0 Å². The number of hydrogen-bond acceptors (Lipinski definition) is 0. The standard InChI is InChI=1S/40W. The second-order valence-electron chi connectivity index (χ2n) is 0. The zero-order valence-electron chi connectivity index (χ0n) is 16.3. The van der Waals surface area contributed by atoms with E-state index in [2.05, 4.69) is 0 Å². The minimum atomic E-state index is 0. The van der Waals surface area contributed by atoms with E-state index in [-0.39, 0.29) is 843 Å². The van der Waals surface area contributed by atoms with Crippen molar-refractivity contribution >= 4 is 0 Å². The summed E-state index contributed by atoms with van der Waals surface area (Å²) in [5, 5.41) is 0. The molecule has 0 fully saturated rings. The molecule has 0 aliphatic rings. The van der Waals surface area contributed by atoms with Crippen LogP contribution >= 0.6 is 0 Å². The van der Waals surface area contributed by atoms with Gasteiger partial charge in [-0.2, -0.15) is 0 Å². The van der Waals surface area contributed by atoms with Crippen LogP contribution in [0.2, 0.25) is 0 Å². The monoisotopic (exact) mass is 7360 g/mol. The minimum Gasteiger partial charge on any atom is 0 e. The average molecular weight is 7350 g/mol. The molecule has 0 saturated heterocycles. The van der Waals surface area contributed by atoms with Gasteiger partial charge in [0.25, 0.3) is 0 Å². The van der Waals surface area contributed by atoms with Gasteiger partial charge in [0.2, 0.25) is 0 Å². The summed E-state index contributed by atoms with van der Waals surface area (Å²) >= 11 is 0. The fourth-order valence-corrected chi connectivity index (χ4v) is 0. The molecule has 0 heterocycles. The van der Waals surface area contributed by atoms with E-state index >= 15 is 0 Å². The van der Waals surface area contributed by atoms with Crippen molar-refractivity contribution < 1.29 is 843 Å². The molecule has 0 bridgehead atoms. The van der Waals surface area contributed by atoms with Crippen LogP contribution in [0.3, 0.4) is 0 Å². The molecule has 0 rings (SSSR count). The van der Waals surface area contributed by atoms with Gasteiger partial charge in [0.1, 0.15) is 0 Å². The third kappa shape index (κ3) is 360. The molecular weight excluding hydrogens is 7350 g/mol. The van der Waals surface area contributed by atoms with E-state index in [1.807, 2.05) is 0 Å². The van der Waals surface area contributed by atoms with Gasteiger partial charge >= 0.3 is 0 Å². The van der Waals surface area contributed by atoms with Crippen LogP contribution in [0.25, 0.3) is 0 Å². The van der Waals surface area contributed by atoms with Gasteiger partial charge in [0.05, 0.1) is 0 Å². The average Bonchev–Trinajstić information content (AvgIpc) is 0. The third-order valence-corrected chi connectivity index (χ3v) is 0. The van der Waals surface area contributed by atoms with Gasteiger partial charge in [0, 0.05) is 843 Å². The molecule has 0 aromatic heterocycles. The normalized spacial score (nSPS) is 0. The summed E-state index contributed by atoms with van der Waals surface area (Å²) in [6.45, 7) is 0. The molecule has 0 aliphatic heterocycles. The van der Waals surface area contributed by atoms with E-state index in [9.17, 15) is 0 Å². The predicted molar refractivity (Wildman–Crippen MR) is 0 cm³/mol. The Morgan fingerprint density at radius 2 is 0.0250 bits per heavy atom. The first-order valence-corrected chi connectivity index (χ1v) is 0. The Bertz CT molecular complexity index is 0. The molecule has 0 aromatic rings. The molecule has 40 heavy (non-hydrogen) atoms. The van der Waals surface area contributed by atoms with E-state index < -0.39 is 0 Å². The quantitative estimate of drug-likeness (QED) is 0.319. The smallest absolute Gasteiger partial charge is 0 e. The van der Waals surface area contributed by atoms with Gasteiger partial charge in [0.15, 0.2) is 0 Å². The van der Waals surface area contributed by atoms with Crippen LogP contribution in [0, 0.1) is 0 Å². The van der Waals surface area contributed by atoms with Crippen molar-refractivity contribution in [3.05, 3.63) is 0 Å². The second-order valence-corrected chi connectivity index (χ2v) is 0. The predicted octanol–water partition coefficient (Wildman–Crippen LogP) is -0.100. The summed E-state index contributed by atoms with van der Waals surface area (Å²) in [4.78, 5) is 0. The molecule has 0 saturated carbocycles. The first-order chi connectivity index (χ1) is 0. The SMILES string of the molecule is [W].[W].[W].[W].[W].[W].[W].[W].[W].[W].[W].[W].[W].[W].[W].[W].[W].[W].[W].[W].[W].[W].[W].[W].[W].[W].[W].[W].[W].[W].[W].[W].[W].[W].[W].[W].[W].[W].[W].[W]. The summed E-state index contributed by atoms with van der Waals surface area (Å²) in [5.41, 5.74) is 0. The third-order valence-electron chi connectivity index (χ3n) is 0. The van der Waals surface area contributed by atoms with Gasteiger partial charge < -0.3 is 0 Å². The number of hydrogen-bond donors (Lipinski definition) is 0. The fraction of sp³-hybridized carbons (Fsp3) is 0. The van der Waals surface area contributed by atoms with Crippen molar-refractivity contribution in [1.29, 1.82) is 0 Å². The molecule has 240 valence electrons. The largest absolute Gasteiger partial charge is 0 e. The van der Waals surface area contributed by atoms with Crippen LogP contribution < -0.4 is 0 Å². The topological polar surface area (TPSA) is 0 Å². The van der Waals surface area contributed by atoms with Crippen LogP contribution in [-0.4, -0.2) is 0 Å². The maximum atomic E-state index is 0. The molecule has 0 unspecified atom stereocenters. The molecule has 0 nitrogen and oxygen atoms in total. The van der Waals surface area contributed by atoms with E-state index in [1.165, 1.54) is 0 Å². The molecule has 0 amide bonds. The van der Waals surface area contributed by atoms with Crippen LogP contribution in [0.1, 0.15) is 0 Å². The first-order valence-electron chi connectivity index (χ1n) is 0.